The second-order valence-corrected chi connectivity index (χ2v) is 12.1. The zero-order valence-electron chi connectivity index (χ0n) is 17.1. The van der Waals surface area contributed by atoms with Gasteiger partial charge in [-0.1, -0.05) is 43.2 Å². The number of fused-ring (bicyclic) bond motifs is 1. The fourth-order valence-corrected chi connectivity index (χ4v) is 5.51. The molecule has 0 spiro atoms. The average molecular weight is 515 g/mol. The van der Waals surface area contributed by atoms with Crippen LogP contribution >= 0.6 is 19.6 Å². The molecule has 0 saturated heterocycles. The van der Waals surface area contributed by atoms with Crippen molar-refractivity contribution in [2.75, 3.05) is 0 Å². The molecule has 32 heavy (non-hydrogen) atoms. The first kappa shape index (κ1) is 25.4. The van der Waals surface area contributed by atoms with E-state index in [1.54, 1.807) is 11.8 Å². The van der Waals surface area contributed by atoms with Gasteiger partial charge in [-0.25, -0.2) is 0 Å². The fraction of sp³-hybridized carbons (Fsp3) is 0.409. The molecule has 2 aliphatic rings. The van der Waals surface area contributed by atoms with Crippen LogP contribution in [0, 0.1) is 17.8 Å². The quantitative estimate of drug-likeness (QED) is 0.175. The Balaban J connectivity index is 0.000000360. The molecule has 10 heteroatoms. The van der Waals surface area contributed by atoms with Crippen LogP contribution in [-0.4, -0.2) is 5.78 Å². The summed E-state index contributed by atoms with van der Waals surface area (Å²) in [5.41, 5.74) is 0.890. The van der Waals surface area contributed by atoms with Crippen LogP contribution in [0.25, 0.3) is 0 Å². The van der Waals surface area contributed by atoms with E-state index >= 15 is 0 Å². The SMILES string of the molecule is F[P-](F)(F)(F)(F)F.O=C(c1ccc(Sc2ccc([SH2+])cc2)cc1)C1CCC2CCCC2C1. The molecule has 2 aliphatic carbocycles. The minimum atomic E-state index is -10.7. The summed E-state index contributed by atoms with van der Waals surface area (Å²) in [6.07, 6.45) is 7.59. The smallest absolute Gasteiger partial charge is 0.165 e. The third kappa shape index (κ3) is 8.99. The van der Waals surface area contributed by atoms with Crippen molar-refractivity contribution >= 4 is 38.0 Å². The molecular formula is C22H25F6OPS2. The number of hydrogen-bond acceptors (Lipinski definition) is 2. The number of halogens is 6. The summed E-state index contributed by atoms with van der Waals surface area (Å²) >= 11 is 5.25. The van der Waals surface area contributed by atoms with E-state index in [1.807, 2.05) is 12.1 Å². The van der Waals surface area contributed by atoms with Crippen LogP contribution in [-0.2, 0) is 12.6 Å². The van der Waals surface area contributed by atoms with Gasteiger partial charge in [-0.15, -0.1) is 0 Å². The average Bonchev–Trinajstić information content (AvgIpc) is 3.15. The second kappa shape index (κ2) is 8.88. The predicted molar refractivity (Wildman–Crippen MR) is 121 cm³/mol. The molecule has 1 nitrogen and oxygen atoms in total. The molecule has 2 saturated carbocycles. The molecule has 2 aromatic carbocycles. The van der Waals surface area contributed by atoms with Crippen LogP contribution in [0.2, 0.25) is 0 Å². The third-order valence-corrected chi connectivity index (χ3v) is 7.24. The maximum absolute atomic E-state index is 12.9. The first-order chi connectivity index (χ1) is 14.6. The van der Waals surface area contributed by atoms with Gasteiger partial charge >= 0.3 is 33.0 Å². The van der Waals surface area contributed by atoms with Crippen LogP contribution in [0.5, 0.6) is 0 Å². The molecule has 0 radical (unpaired) electrons. The minimum Gasteiger partial charge on any atom is -0.294 e. The van der Waals surface area contributed by atoms with E-state index in [0.29, 0.717) is 5.78 Å². The van der Waals surface area contributed by atoms with Crippen LogP contribution in [0.3, 0.4) is 0 Å². The molecule has 0 aliphatic heterocycles. The summed E-state index contributed by atoms with van der Waals surface area (Å²) in [7, 11) is -10.7. The van der Waals surface area contributed by atoms with E-state index < -0.39 is 7.81 Å². The number of hydrogen-bond donors (Lipinski definition) is 0. The van der Waals surface area contributed by atoms with Crippen molar-refractivity contribution in [1.82, 2.24) is 0 Å². The number of ketones is 1. The molecule has 3 unspecified atom stereocenters. The van der Waals surface area contributed by atoms with Crippen molar-refractivity contribution in [3.8, 4) is 0 Å². The number of carbonyl (C=O) groups is 1. The van der Waals surface area contributed by atoms with E-state index in [2.05, 4.69) is 49.0 Å². The number of Topliss-reactive ketones (excluding diaryl/α,β-unsaturated/α-hetero) is 1. The van der Waals surface area contributed by atoms with Crippen LogP contribution < -0.4 is 0 Å². The Hall–Kier alpha value is -1.18. The first-order valence-electron chi connectivity index (χ1n) is 10.3. The van der Waals surface area contributed by atoms with Gasteiger partial charge < -0.3 is 0 Å². The minimum absolute atomic E-state index is 0.254. The molecule has 2 aromatic rings. The van der Waals surface area contributed by atoms with Crippen molar-refractivity contribution in [2.24, 2.45) is 17.8 Å². The van der Waals surface area contributed by atoms with Gasteiger partial charge in [0.1, 0.15) is 4.90 Å². The molecule has 0 heterocycles. The molecule has 2 fully saturated rings. The van der Waals surface area contributed by atoms with Gasteiger partial charge in [0.25, 0.3) is 0 Å². The zero-order chi connectivity index (χ0) is 23.6. The number of carbonyl (C=O) groups excluding carboxylic acids is 1. The number of benzene rings is 2. The Kier molecular flexibility index (Phi) is 7.06. The Morgan fingerprint density at radius 2 is 1.28 bits per heavy atom. The topological polar surface area (TPSA) is 17.1 Å². The van der Waals surface area contributed by atoms with Crippen molar-refractivity contribution in [3.63, 3.8) is 0 Å². The van der Waals surface area contributed by atoms with Crippen molar-refractivity contribution in [2.45, 2.75) is 53.2 Å². The van der Waals surface area contributed by atoms with E-state index in [4.69, 9.17) is 0 Å². The van der Waals surface area contributed by atoms with Gasteiger partial charge in [0, 0.05) is 21.3 Å². The Morgan fingerprint density at radius 1 is 0.781 bits per heavy atom. The summed E-state index contributed by atoms with van der Waals surface area (Å²) in [4.78, 5) is 16.4. The molecule has 0 N–H and O–H groups in total. The van der Waals surface area contributed by atoms with Gasteiger partial charge in [-0.2, -0.15) is 0 Å². The van der Waals surface area contributed by atoms with Crippen LogP contribution in [0.15, 0.2) is 63.2 Å². The zero-order valence-corrected chi connectivity index (χ0v) is 19.8. The summed E-state index contributed by atoms with van der Waals surface area (Å²) in [6.45, 7) is 0. The van der Waals surface area contributed by atoms with E-state index in [1.165, 1.54) is 35.5 Å². The molecule has 0 bridgehead atoms. The molecule has 178 valence electrons. The molecule has 3 atom stereocenters. The van der Waals surface area contributed by atoms with Gasteiger partial charge in [0.2, 0.25) is 0 Å². The number of rotatable bonds is 4. The van der Waals surface area contributed by atoms with Gasteiger partial charge in [0.15, 0.2) is 5.78 Å². The van der Waals surface area contributed by atoms with Crippen LogP contribution in [0.1, 0.15) is 48.9 Å². The Bertz CT molecular complexity index is 934. The maximum Gasteiger partial charge on any atom is 0.165 e. The fourth-order valence-electron chi connectivity index (χ4n) is 4.52. The largest absolute Gasteiger partial charge is 0.294 e. The third-order valence-electron chi connectivity index (χ3n) is 5.89. The van der Waals surface area contributed by atoms with E-state index in [-0.39, 0.29) is 5.92 Å². The van der Waals surface area contributed by atoms with E-state index in [9.17, 15) is 30.0 Å². The van der Waals surface area contributed by atoms with Crippen molar-refractivity contribution in [3.05, 3.63) is 54.1 Å². The van der Waals surface area contributed by atoms with Crippen molar-refractivity contribution < 1.29 is 30.0 Å². The standard InChI is InChI=1S/C22H24OS2.F6P/c23-22(18-5-4-15-2-1-3-17(15)14-18)16-6-10-20(11-7-16)25-21-12-8-19(24)9-13-21;1-7(2,3,4,5)6/h6-13,15,17-18,24H,1-5,14H2;/q;-1/p+1. The van der Waals surface area contributed by atoms with Crippen LogP contribution in [0.4, 0.5) is 25.2 Å². The summed E-state index contributed by atoms with van der Waals surface area (Å²) in [5, 5.41) is 0. The summed E-state index contributed by atoms with van der Waals surface area (Å²) in [6, 6.07) is 16.5. The molecule has 4 rings (SSSR count). The Labute approximate surface area is 193 Å². The molecular weight excluding hydrogens is 489 g/mol. The monoisotopic (exact) mass is 514 g/mol. The molecule has 0 amide bonds. The predicted octanol–water partition coefficient (Wildman–Crippen LogP) is 8.99. The van der Waals surface area contributed by atoms with Gasteiger partial charge in [-0.3, -0.25) is 4.79 Å². The first-order valence-corrected chi connectivity index (χ1v) is 13.7. The van der Waals surface area contributed by atoms with Crippen molar-refractivity contribution in [1.29, 1.82) is 0 Å². The van der Waals surface area contributed by atoms with Gasteiger partial charge in [-0.05, 0) is 80.1 Å². The Morgan fingerprint density at radius 3 is 1.84 bits per heavy atom. The second-order valence-electron chi connectivity index (χ2n) is 8.43. The molecule has 0 aromatic heterocycles. The maximum atomic E-state index is 12.9. The van der Waals surface area contributed by atoms with Gasteiger partial charge in [0.05, 0.1) is 0 Å². The normalized spacial score (nSPS) is 25.0. The van der Waals surface area contributed by atoms with E-state index in [0.717, 1.165) is 35.1 Å². The summed E-state index contributed by atoms with van der Waals surface area (Å²) in [5.74, 6) is 2.35. The summed E-state index contributed by atoms with van der Waals surface area (Å²) < 4.78 is 59.2.